The average molecular weight is 414 g/mol. The molecule has 0 fully saturated rings. The molecular formula is C20H22N4O6. The molecular weight excluding hydrogens is 392 g/mol. The zero-order valence-electron chi connectivity index (χ0n) is 17.0. The highest BCUT2D eigenvalue weighted by molar-refractivity contribution is 5.86. The Labute approximate surface area is 172 Å². The normalized spacial score (nSPS) is 10.9. The van der Waals surface area contributed by atoms with Gasteiger partial charge < -0.3 is 29.1 Å². The fraction of sp³-hybridized carbons (Fsp3) is 0.250. The molecule has 0 radical (unpaired) electrons. The third-order valence-corrected chi connectivity index (χ3v) is 4.06. The lowest BCUT2D eigenvalue weighted by Crippen LogP contribution is -2.02. The van der Waals surface area contributed by atoms with Gasteiger partial charge in [-0.25, -0.2) is 14.5 Å². The standard InChI is InChI=1S/C20H22N4O6/c1-12-10-24(20(21)23-12)22-9-13-7-16(26-2)18(17(8-13)27-3)29-11-14-5-6-15(30-14)19(25)28-4/h5-10H,11H2,1-4H3,(H2,21,23). The van der Waals surface area contributed by atoms with Gasteiger partial charge in [0.2, 0.25) is 17.5 Å². The Bertz CT molecular complexity index is 1040. The minimum Gasteiger partial charge on any atom is -0.493 e. The van der Waals surface area contributed by atoms with E-state index in [1.165, 1.54) is 32.1 Å². The van der Waals surface area contributed by atoms with Crippen LogP contribution in [0.2, 0.25) is 0 Å². The Morgan fingerprint density at radius 1 is 1.23 bits per heavy atom. The number of hydrogen-bond acceptors (Lipinski definition) is 9. The van der Waals surface area contributed by atoms with E-state index < -0.39 is 5.97 Å². The second-order valence-corrected chi connectivity index (χ2v) is 6.13. The summed E-state index contributed by atoms with van der Waals surface area (Å²) in [7, 11) is 4.31. The number of benzene rings is 1. The minimum absolute atomic E-state index is 0.0575. The van der Waals surface area contributed by atoms with Gasteiger partial charge in [0.1, 0.15) is 12.4 Å². The first-order chi connectivity index (χ1) is 14.4. The number of aromatic nitrogens is 2. The van der Waals surface area contributed by atoms with Crippen molar-refractivity contribution in [3.8, 4) is 17.2 Å². The zero-order chi connectivity index (χ0) is 21.7. The summed E-state index contributed by atoms with van der Waals surface area (Å²) in [5, 5.41) is 4.29. The maximum atomic E-state index is 11.5. The van der Waals surface area contributed by atoms with Crippen LogP contribution in [0.25, 0.3) is 0 Å². The van der Waals surface area contributed by atoms with Crippen LogP contribution in [0.3, 0.4) is 0 Å². The number of carbonyl (C=O) groups is 1. The molecule has 0 bridgehead atoms. The molecule has 2 N–H and O–H groups in total. The highest BCUT2D eigenvalue weighted by atomic mass is 16.5. The number of nitrogens with zero attached hydrogens (tertiary/aromatic N) is 3. The molecule has 30 heavy (non-hydrogen) atoms. The van der Waals surface area contributed by atoms with Gasteiger partial charge in [0.05, 0.1) is 39.4 Å². The summed E-state index contributed by atoms with van der Waals surface area (Å²) in [5.74, 6) is 1.51. The number of esters is 1. The van der Waals surface area contributed by atoms with Crippen LogP contribution in [0.4, 0.5) is 5.95 Å². The zero-order valence-corrected chi connectivity index (χ0v) is 17.0. The van der Waals surface area contributed by atoms with E-state index in [0.717, 1.165) is 5.69 Å². The largest absolute Gasteiger partial charge is 0.493 e. The van der Waals surface area contributed by atoms with Crippen LogP contribution in [-0.4, -0.2) is 43.2 Å². The van der Waals surface area contributed by atoms with Gasteiger partial charge in [0.15, 0.2) is 11.5 Å². The fourth-order valence-corrected chi connectivity index (χ4v) is 2.65. The van der Waals surface area contributed by atoms with Crippen molar-refractivity contribution >= 4 is 18.1 Å². The van der Waals surface area contributed by atoms with Crippen molar-refractivity contribution in [1.29, 1.82) is 0 Å². The van der Waals surface area contributed by atoms with Gasteiger partial charge in [-0.1, -0.05) is 0 Å². The summed E-state index contributed by atoms with van der Waals surface area (Å²) < 4.78 is 28.2. The lowest BCUT2D eigenvalue weighted by molar-refractivity contribution is 0.0560. The van der Waals surface area contributed by atoms with E-state index in [9.17, 15) is 4.79 Å². The summed E-state index contributed by atoms with van der Waals surface area (Å²) >= 11 is 0. The lowest BCUT2D eigenvalue weighted by atomic mass is 10.2. The molecule has 2 heterocycles. The minimum atomic E-state index is -0.561. The van der Waals surface area contributed by atoms with Gasteiger partial charge in [-0.2, -0.15) is 5.10 Å². The third kappa shape index (κ3) is 4.54. The molecule has 0 aliphatic rings. The topological polar surface area (TPSA) is 123 Å². The number of aryl methyl sites for hydroxylation is 1. The number of hydrogen-bond donors (Lipinski definition) is 1. The Balaban J connectivity index is 1.81. The number of carbonyl (C=O) groups excluding carboxylic acids is 1. The molecule has 3 aromatic rings. The number of methoxy groups -OCH3 is 3. The first kappa shape index (κ1) is 20.8. The predicted octanol–water partition coefficient (Wildman–Crippen LogP) is 2.63. The number of nitrogens with two attached hydrogens (primary N) is 1. The van der Waals surface area contributed by atoms with E-state index in [1.807, 2.05) is 6.92 Å². The van der Waals surface area contributed by atoms with Crippen molar-refractivity contribution in [2.75, 3.05) is 27.1 Å². The van der Waals surface area contributed by atoms with E-state index >= 15 is 0 Å². The molecule has 0 unspecified atom stereocenters. The Kier molecular flexibility index (Phi) is 6.26. The first-order valence-electron chi connectivity index (χ1n) is 8.86. The van der Waals surface area contributed by atoms with Crippen LogP contribution < -0.4 is 19.9 Å². The summed E-state index contributed by atoms with van der Waals surface area (Å²) in [6.45, 7) is 1.88. The molecule has 158 valence electrons. The molecule has 1 aromatic carbocycles. The number of ether oxygens (including phenoxy) is 4. The molecule has 10 heteroatoms. The molecule has 0 atom stereocenters. The number of furan rings is 1. The maximum absolute atomic E-state index is 11.5. The molecule has 0 saturated heterocycles. The second-order valence-electron chi connectivity index (χ2n) is 6.13. The molecule has 0 aliphatic heterocycles. The smallest absolute Gasteiger partial charge is 0.373 e. The summed E-state index contributed by atoms with van der Waals surface area (Å²) in [6.07, 6.45) is 3.31. The summed E-state index contributed by atoms with van der Waals surface area (Å²) in [6, 6.07) is 6.62. The SMILES string of the molecule is COC(=O)c1ccc(COc2c(OC)cc(C=Nn3cc(C)nc3N)cc2OC)o1. The number of rotatable bonds is 8. The lowest BCUT2D eigenvalue weighted by Gasteiger charge is -2.14. The van der Waals surface area contributed by atoms with Crippen LogP contribution in [0, 0.1) is 6.92 Å². The van der Waals surface area contributed by atoms with Gasteiger partial charge >= 0.3 is 5.97 Å². The van der Waals surface area contributed by atoms with E-state index in [4.69, 9.17) is 24.4 Å². The van der Waals surface area contributed by atoms with Crippen molar-refractivity contribution in [1.82, 2.24) is 9.66 Å². The molecule has 3 rings (SSSR count). The third-order valence-electron chi connectivity index (χ3n) is 4.06. The van der Waals surface area contributed by atoms with Crippen molar-refractivity contribution in [3.63, 3.8) is 0 Å². The first-order valence-corrected chi connectivity index (χ1v) is 8.86. The fourth-order valence-electron chi connectivity index (χ4n) is 2.65. The van der Waals surface area contributed by atoms with Gasteiger partial charge in [-0.05, 0) is 31.2 Å². The van der Waals surface area contributed by atoms with Crippen LogP contribution in [0.15, 0.2) is 40.0 Å². The molecule has 10 nitrogen and oxygen atoms in total. The van der Waals surface area contributed by atoms with Crippen LogP contribution in [0.1, 0.15) is 27.6 Å². The highest BCUT2D eigenvalue weighted by Crippen LogP contribution is 2.38. The quantitative estimate of drug-likeness (QED) is 0.441. The molecule has 0 saturated carbocycles. The van der Waals surface area contributed by atoms with Crippen LogP contribution in [-0.2, 0) is 11.3 Å². The van der Waals surface area contributed by atoms with E-state index in [0.29, 0.717) is 28.6 Å². The van der Waals surface area contributed by atoms with Crippen molar-refractivity contribution < 1.29 is 28.2 Å². The molecule has 0 aliphatic carbocycles. The summed E-state index contributed by atoms with van der Waals surface area (Å²) in [5.41, 5.74) is 7.26. The maximum Gasteiger partial charge on any atom is 0.373 e. The highest BCUT2D eigenvalue weighted by Gasteiger charge is 2.16. The van der Waals surface area contributed by atoms with Gasteiger partial charge in [-0.3, -0.25) is 0 Å². The number of nitrogen functional groups attached to an aromatic ring is 1. The van der Waals surface area contributed by atoms with Crippen molar-refractivity contribution in [3.05, 3.63) is 53.2 Å². The van der Waals surface area contributed by atoms with Crippen molar-refractivity contribution in [2.45, 2.75) is 13.5 Å². The van der Waals surface area contributed by atoms with Crippen LogP contribution >= 0.6 is 0 Å². The van der Waals surface area contributed by atoms with Crippen molar-refractivity contribution in [2.24, 2.45) is 5.10 Å². The van der Waals surface area contributed by atoms with Gasteiger partial charge in [-0.15, -0.1) is 0 Å². The molecule has 0 amide bonds. The van der Waals surface area contributed by atoms with E-state index in [1.54, 1.807) is 30.6 Å². The Hall–Kier alpha value is -3.95. The molecule has 0 spiro atoms. The Morgan fingerprint density at radius 2 is 1.93 bits per heavy atom. The second kappa shape index (κ2) is 9.03. The number of anilines is 1. The average Bonchev–Trinajstić information content (AvgIpc) is 3.35. The van der Waals surface area contributed by atoms with E-state index in [2.05, 4.69) is 14.8 Å². The van der Waals surface area contributed by atoms with Crippen LogP contribution in [0.5, 0.6) is 17.2 Å². The molecule has 2 aromatic heterocycles. The predicted molar refractivity (Wildman–Crippen MR) is 108 cm³/mol. The van der Waals surface area contributed by atoms with Gasteiger partial charge in [0, 0.05) is 5.56 Å². The Morgan fingerprint density at radius 3 is 2.50 bits per heavy atom. The number of imidazole rings is 1. The van der Waals surface area contributed by atoms with E-state index in [-0.39, 0.29) is 18.3 Å². The summed E-state index contributed by atoms with van der Waals surface area (Å²) in [4.78, 5) is 15.6. The monoisotopic (exact) mass is 414 g/mol. The van der Waals surface area contributed by atoms with Gasteiger partial charge in [0.25, 0.3) is 0 Å².